The van der Waals surface area contributed by atoms with E-state index >= 15 is 0 Å². The van der Waals surface area contributed by atoms with Gasteiger partial charge in [0.15, 0.2) is 0 Å². The molecule has 21 heavy (non-hydrogen) atoms. The molecule has 1 aliphatic carbocycles. The summed E-state index contributed by atoms with van der Waals surface area (Å²) in [6.07, 6.45) is 4.00. The first-order valence-corrected chi connectivity index (χ1v) is 7.79. The van der Waals surface area contributed by atoms with E-state index in [1.807, 2.05) is 0 Å². The number of rotatable bonds is 2. The average Bonchev–Trinajstić information content (AvgIpc) is 2.71. The van der Waals surface area contributed by atoms with Crippen molar-refractivity contribution in [3.05, 3.63) is 46.0 Å². The van der Waals surface area contributed by atoms with Gasteiger partial charge in [-0.15, -0.1) is 0 Å². The molecular weight excluding hydrogens is 288 g/mol. The van der Waals surface area contributed by atoms with Crippen molar-refractivity contribution < 1.29 is 14.6 Å². The van der Waals surface area contributed by atoms with Gasteiger partial charge in [0.05, 0.1) is 0 Å². The lowest BCUT2D eigenvalue weighted by Crippen LogP contribution is -2.36. The highest BCUT2D eigenvalue weighted by atomic mass is 35.5. The summed E-state index contributed by atoms with van der Waals surface area (Å²) in [7, 11) is 0. The number of aliphatic hydroxyl groups excluding tert-OH is 1. The van der Waals surface area contributed by atoms with Crippen LogP contribution in [-0.4, -0.2) is 16.7 Å². The highest BCUT2D eigenvalue weighted by Crippen LogP contribution is 2.48. The molecule has 112 valence electrons. The maximum absolute atomic E-state index is 12.0. The zero-order valence-corrected chi connectivity index (χ0v) is 12.8. The Bertz CT molecular complexity index is 583. The van der Waals surface area contributed by atoms with Crippen LogP contribution in [0.25, 0.3) is 0 Å². The van der Waals surface area contributed by atoms with Crippen LogP contribution < -0.4 is 0 Å². The third kappa shape index (κ3) is 2.49. The van der Waals surface area contributed by atoms with Crippen LogP contribution in [0.15, 0.2) is 35.4 Å². The molecule has 0 saturated heterocycles. The van der Waals surface area contributed by atoms with Gasteiger partial charge < -0.3 is 9.84 Å². The van der Waals surface area contributed by atoms with Gasteiger partial charge in [-0.2, -0.15) is 0 Å². The van der Waals surface area contributed by atoms with Crippen molar-refractivity contribution in [3.8, 4) is 0 Å². The average molecular weight is 307 g/mol. The summed E-state index contributed by atoms with van der Waals surface area (Å²) >= 11 is 5.90. The van der Waals surface area contributed by atoms with E-state index in [1.54, 1.807) is 31.2 Å². The third-order valence-electron chi connectivity index (χ3n) is 4.61. The molecule has 3 rings (SSSR count). The van der Waals surface area contributed by atoms with Crippen molar-refractivity contribution >= 4 is 17.6 Å². The minimum atomic E-state index is -0.813. The lowest BCUT2D eigenvalue weighted by Gasteiger charge is -2.36. The summed E-state index contributed by atoms with van der Waals surface area (Å²) in [5.74, 6) is -0.292. The van der Waals surface area contributed by atoms with Crippen LogP contribution >= 0.6 is 11.6 Å². The second-order valence-electron chi connectivity index (χ2n) is 5.94. The first kappa shape index (κ1) is 14.6. The predicted molar refractivity (Wildman–Crippen MR) is 81.0 cm³/mol. The number of hydrogen-bond donors (Lipinski definition) is 1. The standard InChI is InChI=1S/C17H19ClO3/c1-11-14(15(19)12-5-7-13(18)8-6-12)17(21-16(11)20)9-3-2-4-10-17/h5-8,15,19H,2-4,9-10H2,1H3/t15-/m1/s1. The molecule has 0 aromatic heterocycles. The molecular formula is C17H19ClO3. The number of hydrogen-bond acceptors (Lipinski definition) is 3. The first-order valence-electron chi connectivity index (χ1n) is 7.42. The van der Waals surface area contributed by atoms with Crippen molar-refractivity contribution in [2.45, 2.75) is 50.7 Å². The molecule has 0 bridgehead atoms. The van der Waals surface area contributed by atoms with Gasteiger partial charge in [-0.25, -0.2) is 4.79 Å². The number of esters is 1. The molecule has 1 atom stereocenters. The van der Waals surface area contributed by atoms with E-state index in [1.165, 1.54) is 0 Å². The lowest BCUT2D eigenvalue weighted by atomic mass is 9.75. The number of ether oxygens (including phenoxy) is 1. The maximum atomic E-state index is 12.0. The molecule has 1 aliphatic heterocycles. The van der Waals surface area contributed by atoms with Crippen LogP contribution in [0.5, 0.6) is 0 Å². The summed E-state index contributed by atoms with van der Waals surface area (Å²) in [5, 5.41) is 11.4. The molecule has 4 heteroatoms. The number of aliphatic hydroxyl groups is 1. The fraction of sp³-hybridized carbons (Fsp3) is 0.471. The van der Waals surface area contributed by atoms with Gasteiger partial charge in [0, 0.05) is 16.2 Å². The van der Waals surface area contributed by atoms with Crippen molar-refractivity contribution in [1.82, 2.24) is 0 Å². The van der Waals surface area contributed by atoms with Crippen LogP contribution in [0.2, 0.25) is 5.02 Å². The molecule has 1 spiro atoms. The predicted octanol–water partition coefficient (Wildman–Crippen LogP) is 3.95. The molecule has 0 amide bonds. The van der Waals surface area contributed by atoms with Crippen LogP contribution in [0, 0.1) is 0 Å². The van der Waals surface area contributed by atoms with Crippen molar-refractivity contribution in [3.63, 3.8) is 0 Å². The Labute approximate surface area is 129 Å². The summed E-state index contributed by atoms with van der Waals surface area (Å²) in [5.41, 5.74) is 1.45. The Kier molecular flexibility index (Phi) is 3.80. The largest absolute Gasteiger partial charge is 0.451 e. The maximum Gasteiger partial charge on any atom is 0.334 e. The molecule has 0 unspecified atom stereocenters. The molecule has 1 heterocycles. The fourth-order valence-electron chi connectivity index (χ4n) is 3.52. The summed E-state index contributed by atoms with van der Waals surface area (Å²) in [4.78, 5) is 12.0. The van der Waals surface area contributed by atoms with Gasteiger partial charge in [-0.3, -0.25) is 0 Å². The SMILES string of the molecule is CC1=C([C@H](O)c2ccc(Cl)cc2)C2(CCCCC2)OC1=O. The number of benzene rings is 1. The van der Waals surface area contributed by atoms with Crippen molar-refractivity contribution in [1.29, 1.82) is 0 Å². The molecule has 1 fully saturated rings. The van der Waals surface area contributed by atoms with Gasteiger partial charge in [-0.1, -0.05) is 30.2 Å². The normalized spacial score (nSPS) is 22.5. The molecule has 0 radical (unpaired) electrons. The molecule has 1 aromatic carbocycles. The molecule has 1 N–H and O–H groups in total. The monoisotopic (exact) mass is 306 g/mol. The highest BCUT2D eigenvalue weighted by Gasteiger charge is 2.49. The minimum absolute atomic E-state index is 0.292. The zero-order valence-electron chi connectivity index (χ0n) is 12.1. The zero-order chi connectivity index (χ0) is 15.0. The third-order valence-corrected chi connectivity index (χ3v) is 4.86. The van der Waals surface area contributed by atoms with Crippen molar-refractivity contribution in [2.75, 3.05) is 0 Å². The van der Waals surface area contributed by atoms with Gasteiger partial charge >= 0.3 is 5.97 Å². The summed E-state index contributed by atoms with van der Waals surface area (Å²) in [6.45, 7) is 1.75. The van der Waals surface area contributed by atoms with Crippen LogP contribution in [0.1, 0.15) is 50.7 Å². The topological polar surface area (TPSA) is 46.5 Å². The smallest absolute Gasteiger partial charge is 0.334 e. The van der Waals surface area contributed by atoms with E-state index < -0.39 is 11.7 Å². The molecule has 1 aromatic rings. The Balaban J connectivity index is 2.00. The van der Waals surface area contributed by atoms with E-state index in [4.69, 9.17) is 16.3 Å². The Morgan fingerprint density at radius 3 is 2.43 bits per heavy atom. The van der Waals surface area contributed by atoms with Gasteiger partial charge in [-0.05, 0) is 50.3 Å². The second-order valence-corrected chi connectivity index (χ2v) is 6.37. The molecule has 3 nitrogen and oxygen atoms in total. The van der Waals surface area contributed by atoms with Crippen molar-refractivity contribution in [2.24, 2.45) is 0 Å². The van der Waals surface area contributed by atoms with E-state index in [9.17, 15) is 9.90 Å². The van der Waals surface area contributed by atoms with E-state index in [0.717, 1.165) is 43.2 Å². The van der Waals surface area contributed by atoms with E-state index in [2.05, 4.69) is 0 Å². The number of carbonyl (C=O) groups excluding carboxylic acids is 1. The molecule has 2 aliphatic rings. The lowest BCUT2D eigenvalue weighted by molar-refractivity contribution is -0.149. The minimum Gasteiger partial charge on any atom is -0.451 e. The van der Waals surface area contributed by atoms with Gasteiger partial charge in [0.1, 0.15) is 11.7 Å². The molecule has 1 saturated carbocycles. The highest BCUT2D eigenvalue weighted by molar-refractivity contribution is 6.30. The first-order chi connectivity index (χ1) is 10.0. The fourth-order valence-corrected chi connectivity index (χ4v) is 3.65. The van der Waals surface area contributed by atoms with Crippen LogP contribution in [-0.2, 0) is 9.53 Å². The van der Waals surface area contributed by atoms with E-state index in [-0.39, 0.29) is 5.97 Å². The Hall–Kier alpha value is -1.32. The summed E-state index contributed by atoms with van der Waals surface area (Å²) in [6, 6.07) is 7.10. The Morgan fingerprint density at radius 2 is 1.81 bits per heavy atom. The van der Waals surface area contributed by atoms with Gasteiger partial charge in [0.2, 0.25) is 0 Å². The van der Waals surface area contributed by atoms with Gasteiger partial charge in [0.25, 0.3) is 0 Å². The number of carbonyl (C=O) groups is 1. The van der Waals surface area contributed by atoms with Crippen LogP contribution in [0.4, 0.5) is 0 Å². The summed E-state index contributed by atoms with van der Waals surface area (Å²) < 4.78 is 5.68. The van der Waals surface area contributed by atoms with Crippen LogP contribution in [0.3, 0.4) is 0 Å². The second kappa shape index (κ2) is 5.47. The quantitative estimate of drug-likeness (QED) is 0.842. The number of halogens is 1. The van der Waals surface area contributed by atoms with E-state index in [0.29, 0.717) is 10.6 Å². The Morgan fingerprint density at radius 1 is 1.19 bits per heavy atom.